The van der Waals surface area contributed by atoms with Crippen molar-refractivity contribution in [1.82, 2.24) is 0 Å². The van der Waals surface area contributed by atoms with E-state index in [4.69, 9.17) is 9.84 Å². The minimum Gasteiger partial charge on any atom is -0.507 e. The van der Waals surface area contributed by atoms with Crippen LogP contribution in [0.4, 0.5) is 0 Å². The van der Waals surface area contributed by atoms with Crippen molar-refractivity contribution >= 4 is 5.97 Å². The minimum absolute atomic E-state index is 0.201. The summed E-state index contributed by atoms with van der Waals surface area (Å²) in [6.07, 6.45) is 0. The molecule has 0 aliphatic rings. The van der Waals surface area contributed by atoms with Gasteiger partial charge in [0.15, 0.2) is 11.5 Å². The van der Waals surface area contributed by atoms with E-state index < -0.39 is 11.7 Å². The topological polar surface area (TPSA) is 87.0 Å². The molecule has 0 aliphatic carbocycles. The van der Waals surface area contributed by atoms with Gasteiger partial charge in [-0.15, -0.1) is 0 Å². The number of carbonyl (C=O) groups is 1. The highest BCUT2D eigenvalue weighted by Gasteiger charge is 2.11. The van der Waals surface area contributed by atoms with Gasteiger partial charge in [0.05, 0.1) is 5.56 Å². The van der Waals surface area contributed by atoms with Crippen LogP contribution in [0.5, 0.6) is 17.2 Å². The minimum atomic E-state index is -0.535. The van der Waals surface area contributed by atoms with Crippen LogP contribution >= 0.6 is 0 Å². The van der Waals surface area contributed by atoms with Gasteiger partial charge in [0.25, 0.3) is 0 Å². The number of hydrogen-bond donors (Lipinski definition) is 3. The summed E-state index contributed by atoms with van der Waals surface area (Å²) in [6, 6.07) is 10.5. The zero-order valence-electron chi connectivity index (χ0n) is 9.91. The summed E-state index contributed by atoms with van der Waals surface area (Å²) >= 11 is 0. The molecule has 0 aliphatic heterocycles. The molecule has 2 rings (SSSR count). The third-order valence-corrected chi connectivity index (χ3v) is 2.54. The van der Waals surface area contributed by atoms with Gasteiger partial charge in [-0.1, -0.05) is 18.2 Å². The number of benzene rings is 2. The van der Waals surface area contributed by atoms with E-state index in [-0.39, 0.29) is 23.7 Å². The van der Waals surface area contributed by atoms with Gasteiger partial charge in [-0.3, -0.25) is 0 Å². The number of esters is 1. The number of rotatable bonds is 3. The first-order valence-corrected chi connectivity index (χ1v) is 5.54. The highest BCUT2D eigenvalue weighted by atomic mass is 16.5. The van der Waals surface area contributed by atoms with Crippen LogP contribution < -0.4 is 0 Å². The fourth-order valence-electron chi connectivity index (χ4n) is 1.53. The van der Waals surface area contributed by atoms with Crippen molar-refractivity contribution in [3.8, 4) is 17.2 Å². The van der Waals surface area contributed by atoms with Crippen LogP contribution in [0.15, 0.2) is 42.5 Å². The molecule has 0 radical (unpaired) electrons. The quantitative estimate of drug-likeness (QED) is 0.447. The van der Waals surface area contributed by atoms with E-state index in [1.54, 1.807) is 30.3 Å². The molecule has 0 amide bonds. The lowest BCUT2D eigenvalue weighted by molar-refractivity contribution is 0.0470. The van der Waals surface area contributed by atoms with E-state index >= 15 is 0 Å². The van der Waals surface area contributed by atoms with Crippen molar-refractivity contribution < 1.29 is 24.9 Å². The summed E-state index contributed by atoms with van der Waals surface area (Å²) in [5.74, 6) is -1.61. The Labute approximate surface area is 109 Å². The molecule has 0 atom stereocenters. The zero-order valence-corrected chi connectivity index (χ0v) is 9.91. The van der Waals surface area contributed by atoms with Gasteiger partial charge in [0.2, 0.25) is 0 Å². The third kappa shape index (κ3) is 2.95. The summed E-state index contributed by atoms with van der Waals surface area (Å²) in [4.78, 5) is 11.7. The van der Waals surface area contributed by atoms with Crippen LogP contribution in [0.25, 0.3) is 0 Å². The fraction of sp³-hybridized carbons (Fsp3) is 0.0714. The van der Waals surface area contributed by atoms with E-state index in [0.29, 0.717) is 5.56 Å². The monoisotopic (exact) mass is 260 g/mol. The second-order valence-electron chi connectivity index (χ2n) is 3.91. The maximum absolute atomic E-state index is 11.7. The highest BCUT2D eigenvalue weighted by Crippen LogP contribution is 2.32. The number of phenolic OH excluding ortho intramolecular Hbond substituents is 3. The molecule has 0 spiro atoms. The Bertz CT molecular complexity index is 592. The molecule has 0 aromatic heterocycles. The van der Waals surface area contributed by atoms with Gasteiger partial charge in [-0.2, -0.15) is 0 Å². The average Bonchev–Trinajstić information content (AvgIpc) is 2.42. The van der Waals surface area contributed by atoms with Gasteiger partial charge in [0.1, 0.15) is 12.4 Å². The number of ether oxygens (including phenoxy) is 1. The van der Waals surface area contributed by atoms with E-state index in [1.165, 1.54) is 0 Å². The normalized spacial score (nSPS) is 10.1. The summed E-state index contributed by atoms with van der Waals surface area (Å²) in [5.41, 5.74) is 0.601. The average molecular weight is 260 g/mol. The Morgan fingerprint density at radius 3 is 2.26 bits per heavy atom. The van der Waals surface area contributed by atoms with Crippen molar-refractivity contribution in [2.24, 2.45) is 0 Å². The molecule has 0 fully saturated rings. The second kappa shape index (κ2) is 5.30. The summed E-state index contributed by atoms with van der Waals surface area (Å²) in [5, 5.41) is 28.0. The van der Waals surface area contributed by atoms with Crippen molar-refractivity contribution in [3.05, 3.63) is 53.6 Å². The molecule has 0 saturated heterocycles. The first kappa shape index (κ1) is 12.8. The molecule has 19 heavy (non-hydrogen) atoms. The number of hydrogen-bond acceptors (Lipinski definition) is 5. The van der Waals surface area contributed by atoms with Crippen molar-refractivity contribution in [3.63, 3.8) is 0 Å². The lowest BCUT2D eigenvalue weighted by Crippen LogP contribution is -2.05. The largest absolute Gasteiger partial charge is 0.507 e. The van der Waals surface area contributed by atoms with Crippen LogP contribution in [-0.4, -0.2) is 21.3 Å². The fourth-order valence-corrected chi connectivity index (χ4v) is 1.53. The number of aromatic hydroxyl groups is 3. The lowest BCUT2D eigenvalue weighted by Gasteiger charge is -2.08. The van der Waals surface area contributed by atoms with Crippen molar-refractivity contribution in [2.75, 3.05) is 0 Å². The maximum Gasteiger partial charge on any atom is 0.338 e. The van der Waals surface area contributed by atoms with Crippen molar-refractivity contribution in [1.29, 1.82) is 0 Å². The second-order valence-corrected chi connectivity index (χ2v) is 3.91. The lowest BCUT2D eigenvalue weighted by atomic mass is 10.2. The first-order chi connectivity index (χ1) is 9.08. The van der Waals surface area contributed by atoms with Gasteiger partial charge in [-0.05, 0) is 18.2 Å². The number of carbonyl (C=O) groups excluding carboxylic acids is 1. The maximum atomic E-state index is 11.7. The molecule has 0 bridgehead atoms. The zero-order chi connectivity index (χ0) is 13.8. The molecule has 5 heteroatoms. The van der Waals surface area contributed by atoms with Crippen LogP contribution in [-0.2, 0) is 11.3 Å². The first-order valence-electron chi connectivity index (χ1n) is 5.54. The summed E-state index contributed by atoms with van der Waals surface area (Å²) < 4.78 is 5.00. The predicted molar refractivity (Wildman–Crippen MR) is 67.0 cm³/mol. The summed E-state index contributed by atoms with van der Waals surface area (Å²) in [6.45, 7) is -0.201. The Hall–Kier alpha value is -2.69. The Kier molecular flexibility index (Phi) is 3.56. The van der Waals surface area contributed by atoms with Crippen LogP contribution in [0.1, 0.15) is 15.9 Å². The van der Waals surface area contributed by atoms with Gasteiger partial charge < -0.3 is 20.1 Å². The van der Waals surface area contributed by atoms with Gasteiger partial charge in [0, 0.05) is 11.6 Å². The molecule has 5 nitrogen and oxygen atoms in total. The van der Waals surface area contributed by atoms with Crippen LogP contribution in [0, 0.1) is 0 Å². The van der Waals surface area contributed by atoms with Gasteiger partial charge >= 0.3 is 5.97 Å². The molecule has 0 heterocycles. The van der Waals surface area contributed by atoms with Crippen LogP contribution in [0.2, 0.25) is 0 Å². The van der Waals surface area contributed by atoms with E-state index in [2.05, 4.69) is 0 Å². The Morgan fingerprint density at radius 2 is 1.58 bits per heavy atom. The highest BCUT2D eigenvalue weighted by molar-refractivity contribution is 5.89. The molecule has 0 unspecified atom stereocenters. The van der Waals surface area contributed by atoms with Crippen LogP contribution in [0.3, 0.4) is 0 Å². The predicted octanol–water partition coefficient (Wildman–Crippen LogP) is 2.16. The van der Waals surface area contributed by atoms with Gasteiger partial charge in [-0.25, -0.2) is 4.79 Å². The summed E-state index contributed by atoms with van der Waals surface area (Å²) in [7, 11) is 0. The standard InChI is InChI=1S/C14H12O5/c15-11-7-13(17)12(16)6-10(11)8-19-14(18)9-4-2-1-3-5-9/h1-7,15-17H,8H2. The van der Waals surface area contributed by atoms with E-state index in [1.807, 2.05) is 0 Å². The Balaban J connectivity index is 2.07. The molecule has 2 aromatic carbocycles. The Morgan fingerprint density at radius 1 is 0.947 bits per heavy atom. The van der Waals surface area contributed by atoms with Crippen molar-refractivity contribution in [2.45, 2.75) is 6.61 Å². The van der Waals surface area contributed by atoms with E-state index in [9.17, 15) is 15.0 Å². The van der Waals surface area contributed by atoms with E-state index in [0.717, 1.165) is 12.1 Å². The molecule has 2 aromatic rings. The molecule has 98 valence electrons. The molecular formula is C14H12O5. The smallest absolute Gasteiger partial charge is 0.338 e. The SMILES string of the molecule is O=C(OCc1cc(O)c(O)cc1O)c1ccccc1. The molecule has 3 N–H and O–H groups in total. The third-order valence-electron chi connectivity index (χ3n) is 2.54. The molecule has 0 saturated carbocycles. The molecular weight excluding hydrogens is 248 g/mol. The number of phenols is 3.